The largest absolute Gasteiger partial charge is 0.0877 e. The van der Waals surface area contributed by atoms with Crippen molar-refractivity contribution in [3.63, 3.8) is 0 Å². The van der Waals surface area contributed by atoms with Crippen molar-refractivity contribution >= 4 is 0 Å². The molecule has 1 atom stereocenters. The molecule has 0 amide bonds. The average molecular weight is 228 g/mol. The van der Waals surface area contributed by atoms with Gasteiger partial charge in [0.05, 0.1) is 0 Å². The van der Waals surface area contributed by atoms with Gasteiger partial charge in [0.15, 0.2) is 0 Å². The Hall–Kier alpha value is -1.30. The van der Waals surface area contributed by atoms with Gasteiger partial charge in [0.2, 0.25) is 0 Å². The highest BCUT2D eigenvalue weighted by molar-refractivity contribution is 5.30. The topological polar surface area (TPSA) is 0 Å². The van der Waals surface area contributed by atoms with Crippen LogP contribution in [0.1, 0.15) is 37.5 Å². The van der Waals surface area contributed by atoms with Crippen LogP contribution in [0.5, 0.6) is 0 Å². The van der Waals surface area contributed by atoms with Gasteiger partial charge in [-0.2, -0.15) is 0 Å². The summed E-state index contributed by atoms with van der Waals surface area (Å²) in [6.45, 7) is 10.9. The maximum atomic E-state index is 2.31. The van der Waals surface area contributed by atoms with E-state index in [-0.39, 0.29) is 0 Å². The number of benzene rings is 1. The second kappa shape index (κ2) is 6.44. The van der Waals surface area contributed by atoms with Crippen molar-refractivity contribution in [2.45, 2.75) is 41.0 Å². The lowest BCUT2D eigenvalue weighted by atomic mass is 9.93. The minimum absolute atomic E-state index is 0.605. The summed E-state index contributed by atoms with van der Waals surface area (Å²) >= 11 is 0. The van der Waals surface area contributed by atoms with Crippen LogP contribution in [0.25, 0.3) is 0 Å². The Bertz CT molecular complexity index is 422. The molecule has 0 aliphatic carbocycles. The molecule has 0 bridgehead atoms. The molecule has 0 spiro atoms. The van der Waals surface area contributed by atoms with Crippen LogP contribution in [0.2, 0.25) is 0 Å². The van der Waals surface area contributed by atoms with Crippen LogP contribution in [0, 0.1) is 19.8 Å². The molecule has 0 heteroatoms. The molecule has 1 rings (SSSR count). The Labute approximate surface area is 106 Å². The standard InChI is InChI=1S/C17H24/c1-6-7-8-13(2)15(4)11-17-10-9-14(3)16(5)12-17/h6-10,12,15H,11H2,1-5H3/b7-6-,13-8+. The van der Waals surface area contributed by atoms with Crippen molar-refractivity contribution in [2.24, 2.45) is 5.92 Å². The van der Waals surface area contributed by atoms with Crippen LogP contribution in [-0.4, -0.2) is 0 Å². The number of allylic oxidation sites excluding steroid dienone is 4. The summed E-state index contributed by atoms with van der Waals surface area (Å²) < 4.78 is 0. The van der Waals surface area contributed by atoms with Gasteiger partial charge in [-0.15, -0.1) is 0 Å². The van der Waals surface area contributed by atoms with Gasteiger partial charge < -0.3 is 0 Å². The van der Waals surface area contributed by atoms with Crippen LogP contribution in [0.4, 0.5) is 0 Å². The molecule has 1 aromatic carbocycles. The summed E-state index contributed by atoms with van der Waals surface area (Å²) in [4.78, 5) is 0. The average Bonchev–Trinajstić information content (AvgIpc) is 2.30. The van der Waals surface area contributed by atoms with E-state index in [9.17, 15) is 0 Å². The SMILES string of the molecule is C/C=C\C=C(/C)C(C)Cc1ccc(C)c(C)c1. The molecule has 0 N–H and O–H groups in total. The van der Waals surface area contributed by atoms with Crippen molar-refractivity contribution in [3.05, 3.63) is 58.7 Å². The van der Waals surface area contributed by atoms with E-state index >= 15 is 0 Å². The van der Waals surface area contributed by atoms with Crippen molar-refractivity contribution < 1.29 is 0 Å². The molecule has 0 radical (unpaired) electrons. The molecule has 1 aromatic rings. The fourth-order valence-electron chi connectivity index (χ4n) is 1.86. The Morgan fingerprint density at radius 2 is 1.94 bits per heavy atom. The summed E-state index contributed by atoms with van der Waals surface area (Å²) in [6, 6.07) is 6.79. The fourth-order valence-corrected chi connectivity index (χ4v) is 1.86. The molecule has 17 heavy (non-hydrogen) atoms. The number of aryl methyl sites for hydroxylation is 2. The molecule has 0 heterocycles. The third-order valence-corrected chi connectivity index (χ3v) is 3.44. The van der Waals surface area contributed by atoms with Gasteiger partial charge in [-0.05, 0) is 56.7 Å². The van der Waals surface area contributed by atoms with Gasteiger partial charge in [0, 0.05) is 0 Å². The van der Waals surface area contributed by atoms with E-state index in [1.165, 1.54) is 22.3 Å². The Kier molecular flexibility index (Phi) is 5.21. The van der Waals surface area contributed by atoms with Crippen LogP contribution >= 0.6 is 0 Å². The fraction of sp³-hybridized carbons (Fsp3) is 0.412. The van der Waals surface area contributed by atoms with Crippen molar-refractivity contribution in [1.82, 2.24) is 0 Å². The van der Waals surface area contributed by atoms with Gasteiger partial charge in [-0.1, -0.05) is 48.9 Å². The minimum Gasteiger partial charge on any atom is -0.0877 e. The van der Waals surface area contributed by atoms with Crippen LogP contribution in [0.3, 0.4) is 0 Å². The molecule has 0 nitrogen and oxygen atoms in total. The zero-order valence-electron chi connectivity index (χ0n) is 11.7. The first-order valence-corrected chi connectivity index (χ1v) is 6.40. The zero-order chi connectivity index (χ0) is 12.8. The molecule has 0 aliphatic heterocycles. The Balaban J connectivity index is 2.74. The molecular weight excluding hydrogens is 204 g/mol. The van der Waals surface area contributed by atoms with Crippen molar-refractivity contribution in [2.75, 3.05) is 0 Å². The first kappa shape index (κ1) is 13.8. The van der Waals surface area contributed by atoms with Crippen LogP contribution in [-0.2, 0) is 6.42 Å². The summed E-state index contributed by atoms with van der Waals surface area (Å²) in [5.74, 6) is 0.605. The van der Waals surface area contributed by atoms with E-state index in [1.54, 1.807) is 0 Å². The van der Waals surface area contributed by atoms with Crippen molar-refractivity contribution in [3.8, 4) is 0 Å². The third-order valence-electron chi connectivity index (χ3n) is 3.44. The maximum Gasteiger partial charge on any atom is -0.0191 e. The molecule has 0 aromatic heterocycles. The second-order valence-electron chi connectivity index (χ2n) is 4.96. The monoisotopic (exact) mass is 228 g/mol. The van der Waals surface area contributed by atoms with Gasteiger partial charge >= 0.3 is 0 Å². The summed E-state index contributed by atoms with van der Waals surface area (Å²) in [5.41, 5.74) is 5.66. The summed E-state index contributed by atoms with van der Waals surface area (Å²) in [5, 5.41) is 0. The van der Waals surface area contributed by atoms with Crippen LogP contribution < -0.4 is 0 Å². The predicted octanol–water partition coefficient (Wildman–Crippen LogP) is 5.00. The molecule has 0 saturated carbocycles. The summed E-state index contributed by atoms with van der Waals surface area (Å²) in [7, 11) is 0. The quantitative estimate of drug-likeness (QED) is 0.636. The smallest absolute Gasteiger partial charge is 0.0191 e. The summed E-state index contributed by atoms with van der Waals surface area (Å²) in [6.07, 6.45) is 7.53. The van der Waals surface area contributed by atoms with Gasteiger partial charge in [0.25, 0.3) is 0 Å². The lowest BCUT2D eigenvalue weighted by Crippen LogP contribution is -2.01. The molecule has 0 fully saturated rings. The lowest BCUT2D eigenvalue weighted by molar-refractivity contribution is 0.677. The van der Waals surface area contributed by atoms with E-state index < -0.39 is 0 Å². The zero-order valence-corrected chi connectivity index (χ0v) is 11.7. The number of hydrogen-bond donors (Lipinski definition) is 0. The van der Waals surface area contributed by atoms with Crippen molar-refractivity contribution in [1.29, 1.82) is 0 Å². The number of rotatable bonds is 4. The van der Waals surface area contributed by atoms with Gasteiger partial charge in [-0.3, -0.25) is 0 Å². The van der Waals surface area contributed by atoms with Gasteiger partial charge in [-0.25, -0.2) is 0 Å². The van der Waals surface area contributed by atoms with E-state index in [0.29, 0.717) is 5.92 Å². The lowest BCUT2D eigenvalue weighted by Gasteiger charge is -2.13. The first-order valence-electron chi connectivity index (χ1n) is 6.40. The van der Waals surface area contributed by atoms with E-state index in [1.807, 2.05) is 0 Å². The molecule has 0 saturated heterocycles. The Morgan fingerprint density at radius 3 is 2.53 bits per heavy atom. The van der Waals surface area contributed by atoms with Gasteiger partial charge in [0.1, 0.15) is 0 Å². The predicted molar refractivity (Wildman–Crippen MR) is 77.4 cm³/mol. The van der Waals surface area contributed by atoms with E-state index in [2.05, 4.69) is 71.0 Å². The normalized spacial score (nSPS) is 14.3. The minimum atomic E-state index is 0.605. The van der Waals surface area contributed by atoms with Crippen LogP contribution in [0.15, 0.2) is 42.0 Å². The molecule has 0 aliphatic rings. The highest BCUT2D eigenvalue weighted by Crippen LogP contribution is 2.18. The van der Waals surface area contributed by atoms with E-state index in [4.69, 9.17) is 0 Å². The molecule has 92 valence electrons. The third kappa shape index (κ3) is 4.22. The van der Waals surface area contributed by atoms with E-state index in [0.717, 1.165) is 6.42 Å². The maximum absolute atomic E-state index is 2.31. The number of hydrogen-bond acceptors (Lipinski definition) is 0. The highest BCUT2D eigenvalue weighted by Gasteiger charge is 2.05. The second-order valence-corrected chi connectivity index (χ2v) is 4.96. The first-order chi connectivity index (χ1) is 8.04. The Morgan fingerprint density at radius 1 is 1.24 bits per heavy atom. The molecular formula is C17H24. The highest BCUT2D eigenvalue weighted by atomic mass is 14.1. The molecule has 1 unspecified atom stereocenters.